The standard InChI is InChI=1S/C11H15N5O5/c1-11(20)6(18)4(2-17)21-9(11)16-3-13-5-7(16)14-10(12)15-8(5)19/h3-4,6,9,17-18,20H,2H2,1H3,(H3,12,14,15,19)/t4-,6+,9+,11-/m0/s1. The number of nitrogens with one attached hydrogen (secondary N) is 1. The zero-order valence-corrected chi connectivity index (χ0v) is 11.1. The van der Waals surface area contributed by atoms with Gasteiger partial charge in [-0.15, -0.1) is 0 Å². The molecular weight excluding hydrogens is 282 g/mol. The number of ether oxygens (including phenoxy) is 1. The third kappa shape index (κ3) is 1.92. The van der Waals surface area contributed by atoms with Gasteiger partial charge in [-0.3, -0.25) is 14.3 Å². The van der Waals surface area contributed by atoms with Gasteiger partial charge in [-0.2, -0.15) is 4.98 Å². The van der Waals surface area contributed by atoms with Crippen molar-refractivity contribution >= 4 is 17.1 Å². The second-order valence-electron chi connectivity index (χ2n) is 5.16. The summed E-state index contributed by atoms with van der Waals surface area (Å²) in [5, 5.41) is 29.6. The van der Waals surface area contributed by atoms with Gasteiger partial charge >= 0.3 is 0 Å². The first-order valence-corrected chi connectivity index (χ1v) is 6.25. The molecule has 1 aliphatic heterocycles. The molecule has 0 bridgehead atoms. The lowest BCUT2D eigenvalue weighted by Gasteiger charge is -2.27. The van der Waals surface area contributed by atoms with Crippen molar-refractivity contribution in [3.63, 3.8) is 0 Å². The molecule has 0 saturated carbocycles. The number of aliphatic hydroxyl groups is 3. The number of aromatic nitrogens is 4. The average molecular weight is 297 g/mol. The van der Waals surface area contributed by atoms with E-state index >= 15 is 0 Å². The zero-order chi connectivity index (χ0) is 15.4. The van der Waals surface area contributed by atoms with E-state index in [2.05, 4.69) is 15.0 Å². The monoisotopic (exact) mass is 297 g/mol. The SMILES string of the molecule is C[C@]1(O)[C@H](O)[C@H](CO)O[C@H]1n1cnc2c(=O)[nH]c(N)nc21. The number of aliphatic hydroxyl groups excluding tert-OH is 2. The van der Waals surface area contributed by atoms with Gasteiger partial charge in [-0.1, -0.05) is 0 Å². The van der Waals surface area contributed by atoms with E-state index in [9.17, 15) is 20.1 Å². The summed E-state index contributed by atoms with van der Waals surface area (Å²) in [6.07, 6.45) is -2.06. The molecule has 0 aromatic carbocycles. The number of aromatic amines is 1. The number of imidazole rings is 1. The fourth-order valence-electron chi connectivity index (χ4n) is 2.50. The highest BCUT2D eigenvalue weighted by Gasteiger charge is 2.53. The average Bonchev–Trinajstić information content (AvgIpc) is 2.91. The Morgan fingerprint density at radius 2 is 2.33 bits per heavy atom. The Morgan fingerprint density at radius 1 is 1.62 bits per heavy atom. The van der Waals surface area contributed by atoms with Crippen molar-refractivity contribution in [3.8, 4) is 0 Å². The maximum absolute atomic E-state index is 11.7. The Balaban J connectivity index is 2.15. The zero-order valence-electron chi connectivity index (χ0n) is 11.1. The maximum Gasteiger partial charge on any atom is 0.280 e. The fourth-order valence-corrected chi connectivity index (χ4v) is 2.50. The molecule has 0 amide bonds. The lowest BCUT2D eigenvalue weighted by molar-refractivity contribution is -0.0950. The van der Waals surface area contributed by atoms with Gasteiger partial charge in [0.2, 0.25) is 5.95 Å². The van der Waals surface area contributed by atoms with Gasteiger partial charge in [0, 0.05) is 0 Å². The number of nitrogens with zero attached hydrogens (tertiary/aromatic N) is 3. The van der Waals surface area contributed by atoms with Gasteiger partial charge in [0.25, 0.3) is 5.56 Å². The van der Waals surface area contributed by atoms with Crippen molar-refractivity contribution in [3.05, 3.63) is 16.7 Å². The number of hydrogen-bond acceptors (Lipinski definition) is 8. The van der Waals surface area contributed by atoms with Crippen molar-refractivity contribution in [2.24, 2.45) is 0 Å². The fraction of sp³-hybridized carbons (Fsp3) is 0.545. The van der Waals surface area contributed by atoms with Crippen molar-refractivity contribution < 1.29 is 20.1 Å². The van der Waals surface area contributed by atoms with Gasteiger partial charge < -0.3 is 25.8 Å². The number of anilines is 1. The lowest BCUT2D eigenvalue weighted by atomic mass is 9.96. The molecule has 4 atom stereocenters. The highest BCUT2D eigenvalue weighted by molar-refractivity contribution is 5.70. The van der Waals surface area contributed by atoms with Crippen molar-refractivity contribution in [1.82, 2.24) is 19.5 Å². The maximum atomic E-state index is 11.7. The Bertz CT molecular complexity index is 738. The first-order valence-electron chi connectivity index (χ1n) is 6.25. The van der Waals surface area contributed by atoms with Crippen LogP contribution < -0.4 is 11.3 Å². The largest absolute Gasteiger partial charge is 0.394 e. The van der Waals surface area contributed by atoms with Gasteiger partial charge in [0.1, 0.15) is 17.8 Å². The van der Waals surface area contributed by atoms with Crippen LogP contribution in [0.25, 0.3) is 11.2 Å². The van der Waals surface area contributed by atoms with E-state index in [1.807, 2.05) is 0 Å². The minimum absolute atomic E-state index is 0.0329. The number of rotatable bonds is 2. The molecule has 10 nitrogen and oxygen atoms in total. The van der Waals surface area contributed by atoms with E-state index in [4.69, 9.17) is 10.5 Å². The molecule has 2 aromatic rings. The van der Waals surface area contributed by atoms with Crippen molar-refractivity contribution in [1.29, 1.82) is 0 Å². The van der Waals surface area contributed by atoms with Crippen LogP contribution in [-0.4, -0.2) is 59.3 Å². The van der Waals surface area contributed by atoms with Crippen molar-refractivity contribution in [2.75, 3.05) is 12.3 Å². The van der Waals surface area contributed by atoms with E-state index in [0.29, 0.717) is 0 Å². The molecule has 2 aromatic heterocycles. The van der Waals surface area contributed by atoms with Crippen LogP contribution in [0.3, 0.4) is 0 Å². The summed E-state index contributed by atoms with van der Waals surface area (Å²) < 4.78 is 6.76. The summed E-state index contributed by atoms with van der Waals surface area (Å²) in [5.74, 6) is -0.105. The summed E-state index contributed by atoms with van der Waals surface area (Å²) in [6, 6.07) is 0. The first-order chi connectivity index (χ1) is 9.86. The van der Waals surface area contributed by atoms with Crippen LogP contribution in [0.5, 0.6) is 0 Å². The van der Waals surface area contributed by atoms with E-state index in [1.165, 1.54) is 17.8 Å². The van der Waals surface area contributed by atoms with Crippen LogP contribution in [0.4, 0.5) is 5.95 Å². The van der Waals surface area contributed by atoms with Crippen LogP contribution in [-0.2, 0) is 4.74 Å². The molecule has 21 heavy (non-hydrogen) atoms. The highest BCUT2D eigenvalue weighted by atomic mass is 16.6. The molecule has 0 aliphatic carbocycles. The van der Waals surface area contributed by atoms with Gasteiger partial charge in [0.15, 0.2) is 17.4 Å². The van der Waals surface area contributed by atoms with E-state index in [-0.39, 0.29) is 17.1 Å². The van der Waals surface area contributed by atoms with Gasteiger partial charge in [-0.25, -0.2) is 4.98 Å². The highest BCUT2D eigenvalue weighted by Crippen LogP contribution is 2.38. The van der Waals surface area contributed by atoms with Crippen LogP contribution in [0.15, 0.2) is 11.1 Å². The molecule has 6 N–H and O–H groups in total. The van der Waals surface area contributed by atoms with Crippen molar-refractivity contribution in [2.45, 2.75) is 31.0 Å². The lowest BCUT2D eigenvalue weighted by Crippen LogP contribution is -2.44. The van der Waals surface area contributed by atoms with Crippen LogP contribution in [0, 0.1) is 0 Å². The summed E-state index contributed by atoms with van der Waals surface area (Å²) in [4.78, 5) is 21.9. The van der Waals surface area contributed by atoms with Crippen LogP contribution >= 0.6 is 0 Å². The number of nitrogens with two attached hydrogens (primary N) is 1. The smallest absolute Gasteiger partial charge is 0.280 e. The van der Waals surface area contributed by atoms with Gasteiger partial charge in [0.05, 0.1) is 12.9 Å². The second kappa shape index (κ2) is 4.49. The Labute approximate surface area is 117 Å². The summed E-state index contributed by atoms with van der Waals surface area (Å²) in [7, 11) is 0. The summed E-state index contributed by atoms with van der Waals surface area (Å²) in [6.45, 7) is 0.900. The molecule has 1 saturated heterocycles. The van der Waals surface area contributed by atoms with E-state index in [1.54, 1.807) is 0 Å². The molecule has 1 fully saturated rings. The number of H-pyrrole nitrogens is 1. The van der Waals surface area contributed by atoms with Crippen LogP contribution in [0.1, 0.15) is 13.2 Å². The predicted octanol–water partition coefficient (Wildman–Crippen LogP) is -2.30. The topological polar surface area (TPSA) is 160 Å². The third-order valence-corrected chi connectivity index (χ3v) is 3.64. The minimum Gasteiger partial charge on any atom is -0.394 e. The predicted molar refractivity (Wildman–Crippen MR) is 70.2 cm³/mol. The quantitative estimate of drug-likeness (QED) is 0.414. The molecular formula is C11H15N5O5. The Morgan fingerprint density at radius 3 is 2.95 bits per heavy atom. The second-order valence-corrected chi connectivity index (χ2v) is 5.16. The van der Waals surface area contributed by atoms with Gasteiger partial charge in [-0.05, 0) is 6.92 Å². The van der Waals surface area contributed by atoms with E-state index in [0.717, 1.165) is 0 Å². The normalized spacial score (nSPS) is 32.9. The molecule has 0 spiro atoms. The molecule has 0 radical (unpaired) electrons. The molecule has 10 heteroatoms. The minimum atomic E-state index is -1.69. The first kappa shape index (κ1) is 13.9. The molecule has 3 rings (SSSR count). The third-order valence-electron chi connectivity index (χ3n) is 3.64. The molecule has 0 unspecified atom stereocenters. The Kier molecular flexibility index (Phi) is 2.99. The number of fused-ring (bicyclic) bond motifs is 1. The summed E-state index contributed by atoms with van der Waals surface area (Å²) in [5.41, 5.74) is 3.44. The Hall–Kier alpha value is -2.01. The number of nitrogen functional groups attached to an aromatic ring is 1. The molecule has 114 valence electrons. The molecule has 3 heterocycles. The van der Waals surface area contributed by atoms with Crippen LogP contribution in [0.2, 0.25) is 0 Å². The summed E-state index contributed by atoms with van der Waals surface area (Å²) >= 11 is 0. The van der Waals surface area contributed by atoms with E-state index < -0.39 is 36.2 Å². The number of hydrogen-bond donors (Lipinski definition) is 5. The molecule has 1 aliphatic rings.